The van der Waals surface area contributed by atoms with Gasteiger partial charge >= 0.3 is 5.69 Å². The van der Waals surface area contributed by atoms with E-state index >= 15 is 0 Å². The summed E-state index contributed by atoms with van der Waals surface area (Å²) in [6.07, 6.45) is -0.253. The lowest BCUT2D eigenvalue weighted by atomic mass is 10.3. The molecule has 0 bridgehead atoms. The van der Waals surface area contributed by atoms with Crippen LogP contribution >= 0.6 is 0 Å². The number of hydrogen-bond donors (Lipinski definition) is 1. The van der Waals surface area contributed by atoms with Crippen molar-refractivity contribution in [1.82, 2.24) is 4.98 Å². The normalized spacial score (nSPS) is 10.2. The van der Waals surface area contributed by atoms with Gasteiger partial charge in [-0.05, 0) is 6.07 Å². The van der Waals surface area contributed by atoms with Crippen LogP contribution in [0.3, 0.4) is 0 Å². The van der Waals surface area contributed by atoms with Crippen LogP contribution in [-0.4, -0.2) is 22.9 Å². The number of nitrogens with one attached hydrogen (secondary N) is 1. The summed E-state index contributed by atoms with van der Waals surface area (Å²) in [7, 11) is 0. The van der Waals surface area contributed by atoms with Crippen LogP contribution < -0.4 is 5.32 Å². The summed E-state index contributed by atoms with van der Waals surface area (Å²) in [6, 6.07) is 1.28. The van der Waals surface area contributed by atoms with E-state index in [1.807, 2.05) is 0 Å². The van der Waals surface area contributed by atoms with Crippen molar-refractivity contribution in [3.8, 4) is 0 Å². The quantitative estimate of drug-likeness (QED) is 0.596. The second-order valence-electron chi connectivity index (χ2n) is 2.42. The minimum Gasteiger partial charge on any atom is -0.374 e. The number of hydrogen-bond acceptors (Lipinski definition) is 4. The maximum absolute atomic E-state index is 11.8. The molecule has 14 heavy (non-hydrogen) atoms. The average Bonchev–Trinajstić information content (AvgIpc) is 2.15. The maximum Gasteiger partial charge on any atom is 0.310 e. The molecule has 76 valence electrons. The third-order valence-corrected chi connectivity index (χ3v) is 1.44. The van der Waals surface area contributed by atoms with Crippen molar-refractivity contribution in [2.75, 3.05) is 11.9 Å². The summed E-state index contributed by atoms with van der Waals surface area (Å²) < 4.78 is 23.6. The van der Waals surface area contributed by atoms with Gasteiger partial charge in [0.1, 0.15) is 11.9 Å². The van der Waals surface area contributed by atoms with E-state index in [0.29, 0.717) is 0 Å². The van der Waals surface area contributed by atoms with Gasteiger partial charge in [0.25, 0.3) is 6.43 Å². The highest BCUT2D eigenvalue weighted by Gasteiger charge is 2.13. The summed E-state index contributed by atoms with van der Waals surface area (Å²) in [6.45, 7) is -0.620. The highest BCUT2D eigenvalue weighted by molar-refractivity contribution is 5.59. The fourth-order valence-corrected chi connectivity index (χ4v) is 0.868. The van der Waals surface area contributed by atoms with E-state index in [1.165, 1.54) is 12.3 Å². The topological polar surface area (TPSA) is 68.1 Å². The maximum atomic E-state index is 11.8. The van der Waals surface area contributed by atoms with Gasteiger partial charge in [-0.1, -0.05) is 0 Å². The van der Waals surface area contributed by atoms with Gasteiger partial charge in [-0.2, -0.15) is 0 Å². The SMILES string of the molecule is O=[N+]([O-])c1cnccc1NCC(F)F. The van der Waals surface area contributed by atoms with E-state index in [0.717, 1.165) is 6.20 Å². The predicted molar refractivity (Wildman–Crippen MR) is 45.4 cm³/mol. The summed E-state index contributed by atoms with van der Waals surface area (Å²) in [5, 5.41) is 12.7. The lowest BCUT2D eigenvalue weighted by Crippen LogP contribution is -2.11. The highest BCUT2D eigenvalue weighted by Crippen LogP contribution is 2.21. The molecule has 0 radical (unpaired) electrons. The van der Waals surface area contributed by atoms with Gasteiger partial charge in [-0.25, -0.2) is 8.78 Å². The van der Waals surface area contributed by atoms with Gasteiger partial charge in [-0.15, -0.1) is 0 Å². The molecule has 0 spiro atoms. The second kappa shape index (κ2) is 4.45. The lowest BCUT2D eigenvalue weighted by molar-refractivity contribution is -0.384. The van der Waals surface area contributed by atoms with E-state index in [9.17, 15) is 18.9 Å². The van der Waals surface area contributed by atoms with Gasteiger partial charge in [0.2, 0.25) is 0 Å². The minimum atomic E-state index is -2.55. The monoisotopic (exact) mass is 203 g/mol. The molecule has 1 aromatic heterocycles. The molecule has 5 nitrogen and oxygen atoms in total. The lowest BCUT2D eigenvalue weighted by Gasteiger charge is -2.04. The number of halogens is 2. The molecule has 1 N–H and O–H groups in total. The first-order chi connectivity index (χ1) is 6.61. The van der Waals surface area contributed by atoms with Crippen LogP contribution in [0.25, 0.3) is 0 Å². The van der Waals surface area contributed by atoms with Gasteiger partial charge < -0.3 is 5.32 Å². The van der Waals surface area contributed by atoms with Crippen LogP contribution in [0, 0.1) is 10.1 Å². The van der Waals surface area contributed by atoms with Crippen LogP contribution in [0.4, 0.5) is 20.2 Å². The smallest absolute Gasteiger partial charge is 0.310 e. The Bertz CT molecular complexity index is 332. The Balaban J connectivity index is 2.79. The van der Waals surface area contributed by atoms with Gasteiger partial charge in [0.05, 0.1) is 11.5 Å². The molecule has 0 aliphatic carbocycles. The minimum absolute atomic E-state index is 0.0466. The van der Waals surface area contributed by atoms with Crippen molar-refractivity contribution in [2.24, 2.45) is 0 Å². The first-order valence-electron chi connectivity index (χ1n) is 3.71. The van der Waals surface area contributed by atoms with Crippen LogP contribution in [-0.2, 0) is 0 Å². The first kappa shape index (κ1) is 10.3. The molecule has 1 heterocycles. The third-order valence-electron chi connectivity index (χ3n) is 1.44. The molecule has 0 fully saturated rings. The average molecular weight is 203 g/mol. The van der Waals surface area contributed by atoms with Crippen molar-refractivity contribution in [2.45, 2.75) is 6.43 Å². The Kier molecular flexibility index (Phi) is 3.27. The van der Waals surface area contributed by atoms with Crippen molar-refractivity contribution in [1.29, 1.82) is 0 Å². The van der Waals surface area contributed by atoms with Crippen LogP contribution in [0.5, 0.6) is 0 Å². The summed E-state index contributed by atoms with van der Waals surface area (Å²) in [5.74, 6) is 0. The van der Waals surface area contributed by atoms with Crippen molar-refractivity contribution in [3.05, 3.63) is 28.6 Å². The largest absolute Gasteiger partial charge is 0.374 e. The molecule has 0 saturated carbocycles. The van der Waals surface area contributed by atoms with E-state index < -0.39 is 17.9 Å². The Morgan fingerprint density at radius 2 is 2.36 bits per heavy atom. The number of aromatic nitrogens is 1. The Labute approximate surface area is 77.9 Å². The number of nitrogens with zero attached hydrogens (tertiary/aromatic N) is 2. The van der Waals surface area contributed by atoms with Crippen molar-refractivity contribution in [3.63, 3.8) is 0 Å². The molecule has 1 aromatic rings. The predicted octanol–water partition coefficient (Wildman–Crippen LogP) is 1.67. The standard InChI is InChI=1S/C7H7F2N3O2/c8-7(9)4-11-5-1-2-10-3-6(5)12(13)14/h1-3,7H,4H2,(H,10,11). The molecule has 0 saturated heterocycles. The highest BCUT2D eigenvalue weighted by atomic mass is 19.3. The zero-order chi connectivity index (χ0) is 10.6. The summed E-state index contributed by atoms with van der Waals surface area (Å²) in [5.41, 5.74) is -0.265. The molecule has 7 heteroatoms. The third kappa shape index (κ3) is 2.61. The van der Waals surface area contributed by atoms with Crippen LogP contribution in [0.15, 0.2) is 18.5 Å². The molecule has 0 atom stereocenters. The van der Waals surface area contributed by atoms with Gasteiger partial charge in [-0.3, -0.25) is 15.1 Å². The summed E-state index contributed by atoms with van der Waals surface area (Å²) in [4.78, 5) is 13.2. The van der Waals surface area contributed by atoms with E-state index in [1.54, 1.807) is 0 Å². The van der Waals surface area contributed by atoms with Crippen LogP contribution in [0.2, 0.25) is 0 Å². The van der Waals surface area contributed by atoms with Crippen LogP contribution in [0.1, 0.15) is 0 Å². The number of nitro groups is 1. The molecular formula is C7H7F2N3O2. The fourth-order valence-electron chi connectivity index (χ4n) is 0.868. The zero-order valence-electron chi connectivity index (χ0n) is 6.98. The molecule has 1 rings (SSSR count). The van der Waals surface area contributed by atoms with Gasteiger partial charge in [0.15, 0.2) is 0 Å². The number of alkyl halides is 2. The molecule has 0 aromatic carbocycles. The van der Waals surface area contributed by atoms with E-state index in [2.05, 4.69) is 10.3 Å². The number of rotatable bonds is 4. The molecule has 0 aliphatic rings. The van der Waals surface area contributed by atoms with E-state index in [4.69, 9.17) is 0 Å². The fraction of sp³-hybridized carbons (Fsp3) is 0.286. The first-order valence-corrected chi connectivity index (χ1v) is 3.71. The Hall–Kier alpha value is -1.79. The van der Waals surface area contributed by atoms with Crippen molar-refractivity contribution < 1.29 is 13.7 Å². The van der Waals surface area contributed by atoms with E-state index in [-0.39, 0.29) is 11.4 Å². The number of pyridine rings is 1. The summed E-state index contributed by atoms with van der Waals surface area (Å²) >= 11 is 0. The van der Waals surface area contributed by atoms with Crippen molar-refractivity contribution >= 4 is 11.4 Å². The second-order valence-corrected chi connectivity index (χ2v) is 2.42. The zero-order valence-corrected chi connectivity index (χ0v) is 6.98. The molecule has 0 unspecified atom stereocenters. The molecule has 0 amide bonds. The Morgan fingerprint density at radius 3 is 2.93 bits per heavy atom. The Morgan fingerprint density at radius 1 is 1.64 bits per heavy atom. The van der Waals surface area contributed by atoms with Gasteiger partial charge in [0, 0.05) is 6.20 Å². The molecule has 0 aliphatic heterocycles. The molecular weight excluding hydrogens is 196 g/mol. The number of anilines is 1.